The third kappa shape index (κ3) is 3.68. The summed E-state index contributed by atoms with van der Waals surface area (Å²) in [4.78, 5) is 22.9. The monoisotopic (exact) mass is 406 g/mol. The SMILES string of the molecule is C/C1=C/CCN2C(=O)NC(=NC3CCCCC3)C23CCN(CC3)Cc2cccc1c2. The Labute approximate surface area is 180 Å². The van der Waals surface area contributed by atoms with Crippen LogP contribution in [-0.2, 0) is 6.54 Å². The van der Waals surface area contributed by atoms with Gasteiger partial charge in [-0.15, -0.1) is 0 Å². The first-order valence-corrected chi connectivity index (χ1v) is 11.8. The molecule has 2 saturated heterocycles. The fourth-order valence-corrected chi connectivity index (χ4v) is 5.76. The van der Waals surface area contributed by atoms with Crippen molar-refractivity contribution in [3.05, 3.63) is 41.5 Å². The molecule has 4 bridgehead atoms. The van der Waals surface area contributed by atoms with Crippen molar-refractivity contribution in [2.45, 2.75) is 76.4 Å². The molecule has 30 heavy (non-hydrogen) atoms. The van der Waals surface area contributed by atoms with Gasteiger partial charge in [0, 0.05) is 26.2 Å². The molecule has 0 aromatic heterocycles. The average Bonchev–Trinajstić information content (AvgIpc) is 3.01. The molecule has 5 heteroatoms. The van der Waals surface area contributed by atoms with Crippen molar-refractivity contribution < 1.29 is 4.79 Å². The quantitative estimate of drug-likeness (QED) is 0.742. The van der Waals surface area contributed by atoms with E-state index in [-0.39, 0.29) is 11.6 Å². The van der Waals surface area contributed by atoms with E-state index in [2.05, 4.69) is 52.4 Å². The molecule has 0 unspecified atom stereocenters. The van der Waals surface area contributed by atoms with Gasteiger partial charge in [0.05, 0.1) is 6.04 Å². The topological polar surface area (TPSA) is 47.9 Å². The van der Waals surface area contributed by atoms with E-state index in [9.17, 15) is 4.79 Å². The van der Waals surface area contributed by atoms with Crippen LogP contribution in [0.1, 0.15) is 69.4 Å². The van der Waals surface area contributed by atoms with E-state index in [1.54, 1.807) is 0 Å². The lowest BCUT2D eigenvalue weighted by Gasteiger charge is -2.44. The summed E-state index contributed by atoms with van der Waals surface area (Å²) in [6.45, 7) is 5.93. The molecule has 4 heterocycles. The molecule has 3 fully saturated rings. The van der Waals surface area contributed by atoms with Crippen molar-refractivity contribution in [2.75, 3.05) is 19.6 Å². The lowest BCUT2D eigenvalue weighted by molar-refractivity contribution is 0.101. The summed E-state index contributed by atoms with van der Waals surface area (Å²) in [5.41, 5.74) is 3.73. The van der Waals surface area contributed by atoms with Gasteiger partial charge in [0.15, 0.2) is 0 Å². The smallest absolute Gasteiger partial charge is 0.311 e. The second-order valence-corrected chi connectivity index (χ2v) is 9.54. The maximum atomic E-state index is 13.1. The van der Waals surface area contributed by atoms with Crippen molar-refractivity contribution >= 4 is 17.4 Å². The van der Waals surface area contributed by atoms with Crippen LogP contribution in [0.3, 0.4) is 0 Å². The Morgan fingerprint density at radius 1 is 1.10 bits per heavy atom. The normalized spacial score (nSPS) is 33.2. The van der Waals surface area contributed by atoms with Crippen LogP contribution in [0.4, 0.5) is 4.79 Å². The number of nitrogens with zero attached hydrogens (tertiary/aromatic N) is 3. The van der Waals surface area contributed by atoms with Crippen molar-refractivity contribution in [2.24, 2.45) is 4.99 Å². The van der Waals surface area contributed by atoms with E-state index in [1.807, 2.05) is 0 Å². The van der Waals surface area contributed by atoms with Gasteiger partial charge in [-0.1, -0.05) is 49.6 Å². The number of hydrogen-bond donors (Lipinski definition) is 1. The number of amidine groups is 1. The number of hydrogen-bond acceptors (Lipinski definition) is 3. The van der Waals surface area contributed by atoms with Gasteiger partial charge in [0.25, 0.3) is 0 Å². The Balaban J connectivity index is 1.47. The minimum Gasteiger partial charge on any atom is -0.311 e. The van der Waals surface area contributed by atoms with Crippen molar-refractivity contribution in [1.82, 2.24) is 15.1 Å². The maximum absolute atomic E-state index is 13.1. The van der Waals surface area contributed by atoms with Gasteiger partial charge in [0.2, 0.25) is 0 Å². The number of benzene rings is 1. The number of allylic oxidation sites excluding steroid dienone is 1. The number of aliphatic imine (C=N–C) groups is 1. The van der Waals surface area contributed by atoms with Crippen LogP contribution in [0.2, 0.25) is 0 Å². The number of nitrogens with one attached hydrogen (secondary N) is 1. The van der Waals surface area contributed by atoms with Gasteiger partial charge in [-0.3, -0.25) is 15.2 Å². The summed E-state index contributed by atoms with van der Waals surface area (Å²) in [6, 6.07) is 9.38. The number of amides is 2. The van der Waals surface area contributed by atoms with Crippen LogP contribution in [-0.4, -0.2) is 52.9 Å². The first-order valence-electron chi connectivity index (χ1n) is 11.8. The maximum Gasteiger partial charge on any atom is 0.323 e. The molecule has 5 nitrogen and oxygen atoms in total. The summed E-state index contributed by atoms with van der Waals surface area (Å²) in [7, 11) is 0. The second kappa shape index (κ2) is 8.18. The Kier molecular flexibility index (Phi) is 5.40. The predicted octanol–water partition coefficient (Wildman–Crippen LogP) is 4.58. The van der Waals surface area contributed by atoms with Crippen molar-refractivity contribution in [1.29, 1.82) is 0 Å². The minimum atomic E-state index is -0.237. The average molecular weight is 407 g/mol. The highest BCUT2D eigenvalue weighted by molar-refractivity contribution is 6.10. The van der Waals surface area contributed by atoms with Gasteiger partial charge in [-0.05, 0) is 55.7 Å². The van der Waals surface area contributed by atoms with Crippen LogP contribution in [0.5, 0.6) is 0 Å². The highest BCUT2D eigenvalue weighted by atomic mass is 16.2. The highest BCUT2D eigenvalue weighted by Gasteiger charge is 2.52. The van der Waals surface area contributed by atoms with Crippen LogP contribution < -0.4 is 5.32 Å². The van der Waals surface area contributed by atoms with E-state index in [0.717, 1.165) is 51.3 Å². The van der Waals surface area contributed by atoms with Crippen LogP contribution in [0, 0.1) is 0 Å². The Bertz CT molecular complexity index is 860. The minimum absolute atomic E-state index is 0.0551. The number of urea groups is 1. The molecule has 6 rings (SSSR count). The lowest BCUT2D eigenvalue weighted by atomic mass is 9.84. The first kappa shape index (κ1) is 19.8. The number of piperidine rings is 1. The molecule has 1 aromatic carbocycles. The predicted molar refractivity (Wildman–Crippen MR) is 121 cm³/mol. The molecule has 5 aliphatic rings. The third-order valence-corrected chi connectivity index (χ3v) is 7.59. The molecule has 160 valence electrons. The summed E-state index contributed by atoms with van der Waals surface area (Å²) >= 11 is 0. The van der Waals surface area contributed by atoms with E-state index >= 15 is 0 Å². The van der Waals surface area contributed by atoms with Crippen LogP contribution in [0.25, 0.3) is 5.57 Å². The number of carbonyl (C=O) groups is 1. The molecule has 0 atom stereocenters. The first-order chi connectivity index (χ1) is 14.6. The van der Waals surface area contributed by atoms with Gasteiger partial charge in [-0.25, -0.2) is 4.79 Å². The molecule has 0 radical (unpaired) electrons. The third-order valence-electron chi connectivity index (χ3n) is 7.59. The molecular formula is C25H34N4O. The summed E-state index contributed by atoms with van der Waals surface area (Å²) in [6.07, 6.45) is 11.3. The van der Waals surface area contributed by atoms with Gasteiger partial charge in [-0.2, -0.15) is 0 Å². The van der Waals surface area contributed by atoms with Gasteiger partial charge < -0.3 is 4.90 Å². The molecule has 2 amide bonds. The van der Waals surface area contributed by atoms with E-state index in [4.69, 9.17) is 4.99 Å². The summed E-state index contributed by atoms with van der Waals surface area (Å²) in [5.74, 6) is 0.968. The zero-order valence-electron chi connectivity index (χ0n) is 18.2. The Morgan fingerprint density at radius 3 is 2.70 bits per heavy atom. The Hall–Kier alpha value is -2.14. The second-order valence-electron chi connectivity index (χ2n) is 9.54. The molecule has 1 aliphatic carbocycles. The molecule has 1 saturated carbocycles. The number of carbonyl (C=O) groups excluding carboxylic acids is 1. The molecule has 1 spiro atoms. The molecule has 4 aliphatic heterocycles. The van der Waals surface area contributed by atoms with Gasteiger partial charge in [0.1, 0.15) is 11.4 Å². The summed E-state index contributed by atoms with van der Waals surface area (Å²) < 4.78 is 0. The van der Waals surface area contributed by atoms with Crippen LogP contribution in [0.15, 0.2) is 35.3 Å². The lowest BCUT2D eigenvalue weighted by Crippen LogP contribution is -2.56. The standard InChI is InChI=1S/C25H34N4O/c1-19-7-6-14-29-24(30)27-23(26-22-10-3-2-4-11-22)25(29)12-15-28(16-13-25)18-20-8-5-9-21(19)17-20/h5,7-9,17,22H,2-4,6,10-16,18H2,1H3,(H,26,27,30)/b19-7-. The molecule has 1 aromatic rings. The Morgan fingerprint density at radius 2 is 1.90 bits per heavy atom. The highest BCUT2D eigenvalue weighted by Crippen LogP contribution is 2.36. The number of fused-ring (bicyclic) bond motifs is 4. The zero-order chi connectivity index (χ0) is 20.6. The van der Waals surface area contributed by atoms with E-state index in [1.165, 1.54) is 48.8 Å². The van der Waals surface area contributed by atoms with Crippen LogP contribution >= 0.6 is 0 Å². The molecular weight excluding hydrogens is 372 g/mol. The fourth-order valence-electron chi connectivity index (χ4n) is 5.76. The number of rotatable bonds is 1. The molecule has 1 N–H and O–H groups in total. The fraction of sp³-hybridized carbons (Fsp3) is 0.600. The van der Waals surface area contributed by atoms with Crippen molar-refractivity contribution in [3.8, 4) is 0 Å². The van der Waals surface area contributed by atoms with Crippen molar-refractivity contribution in [3.63, 3.8) is 0 Å². The van der Waals surface area contributed by atoms with E-state index < -0.39 is 0 Å². The summed E-state index contributed by atoms with van der Waals surface area (Å²) in [5, 5.41) is 3.21. The largest absolute Gasteiger partial charge is 0.323 e. The van der Waals surface area contributed by atoms with Gasteiger partial charge >= 0.3 is 6.03 Å². The zero-order valence-corrected chi connectivity index (χ0v) is 18.2. The van der Waals surface area contributed by atoms with E-state index in [0.29, 0.717) is 6.04 Å².